The average molecular weight is 288 g/mol. The van der Waals surface area contributed by atoms with Gasteiger partial charge in [0.25, 0.3) is 0 Å². The molecule has 0 aromatic heterocycles. The molecule has 0 aliphatic rings. The van der Waals surface area contributed by atoms with Crippen LogP contribution in [0.4, 0.5) is 13.2 Å². The number of methoxy groups -OCH3 is 1. The van der Waals surface area contributed by atoms with Crippen LogP contribution in [0, 0.1) is 5.92 Å². The van der Waals surface area contributed by atoms with Crippen molar-refractivity contribution in [1.29, 1.82) is 0 Å². The zero-order valence-corrected chi connectivity index (χ0v) is 11.6. The van der Waals surface area contributed by atoms with Crippen LogP contribution in [-0.2, 0) is 9.47 Å². The monoisotopic (exact) mass is 288 g/mol. The molecule has 0 aliphatic heterocycles. The molecular formula is C15H19F3O2. The molecule has 2 nitrogen and oxygen atoms in total. The maximum atomic E-state index is 12.7. The van der Waals surface area contributed by atoms with Crippen LogP contribution in [0.25, 0.3) is 0 Å². The molecule has 0 fully saturated rings. The SMILES string of the molecule is CCC(/C=C/[C@H](OCOC)c1ccccc1)C(F)(F)F. The normalized spacial score (nSPS) is 15.4. The fourth-order valence-electron chi connectivity index (χ4n) is 1.76. The predicted octanol–water partition coefficient (Wildman–Crippen LogP) is 4.49. The minimum absolute atomic E-state index is 0.00574. The van der Waals surface area contributed by atoms with E-state index < -0.39 is 18.2 Å². The van der Waals surface area contributed by atoms with E-state index in [2.05, 4.69) is 0 Å². The van der Waals surface area contributed by atoms with Gasteiger partial charge in [0.2, 0.25) is 0 Å². The molecular weight excluding hydrogens is 269 g/mol. The molecule has 0 spiro atoms. The van der Waals surface area contributed by atoms with Crippen LogP contribution in [0.2, 0.25) is 0 Å². The van der Waals surface area contributed by atoms with Crippen LogP contribution in [-0.4, -0.2) is 20.1 Å². The Balaban J connectivity index is 2.84. The first kappa shape index (κ1) is 16.7. The van der Waals surface area contributed by atoms with Crippen molar-refractivity contribution in [3.63, 3.8) is 0 Å². The number of ether oxygens (including phenoxy) is 2. The van der Waals surface area contributed by atoms with Crippen molar-refractivity contribution >= 4 is 0 Å². The first-order valence-corrected chi connectivity index (χ1v) is 6.39. The molecule has 5 heteroatoms. The van der Waals surface area contributed by atoms with Crippen LogP contribution in [0.1, 0.15) is 25.0 Å². The standard InChI is InChI=1S/C15H19F3O2/c1-3-13(15(16,17)18)9-10-14(20-11-19-2)12-7-5-4-6-8-12/h4-10,13-14H,3,11H2,1-2H3/b10-9+/t13?,14-/m0/s1. The highest BCUT2D eigenvalue weighted by molar-refractivity contribution is 5.21. The molecule has 0 heterocycles. The summed E-state index contributed by atoms with van der Waals surface area (Å²) in [5, 5.41) is 0. The predicted molar refractivity (Wildman–Crippen MR) is 71.1 cm³/mol. The summed E-state index contributed by atoms with van der Waals surface area (Å²) >= 11 is 0. The highest BCUT2D eigenvalue weighted by Crippen LogP contribution is 2.31. The lowest BCUT2D eigenvalue weighted by Gasteiger charge is -2.17. The van der Waals surface area contributed by atoms with E-state index in [0.717, 1.165) is 11.6 Å². The fraction of sp³-hybridized carbons (Fsp3) is 0.467. The molecule has 0 radical (unpaired) electrons. The van der Waals surface area contributed by atoms with Crippen molar-refractivity contribution in [1.82, 2.24) is 0 Å². The molecule has 112 valence electrons. The Bertz CT molecular complexity index is 401. The molecule has 0 aliphatic carbocycles. The minimum atomic E-state index is -4.23. The Hall–Kier alpha value is -1.33. The number of benzene rings is 1. The summed E-state index contributed by atoms with van der Waals surface area (Å²) in [5.41, 5.74) is 0.790. The fourth-order valence-corrected chi connectivity index (χ4v) is 1.76. The lowest BCUT2D eigenvalue weighted by Crippen LogP contribution is -2.20. The Morgan fingerprint density at radius 3 is 2.30 bits per heavy atom. The van der Waals surface area contributed by atoms with Crippen LogP contribution >= 0.6 is 0 Å². The summed E-state index contributed by atoms with van der Waals surface area (Å²) in [6, 6.07) is 9.07. The summed E-state index contributed by atoms with van der Waals surface area (Å²) in [6.45, 7) is 1.53. The molecule has 0 bridgehead atoms. The van der Waals surface area contributed by atoms with Crippen molar-refractivity contribution in [3.05, 3.63) is 48.0 Å². The minimum Gasteiger partial charge on any atom is -0.359 e. The summed E-state index contributed by atoms with van der Waals surface area (Å²) in [6.07, 6.45) is -2.17. The van der Waals surface area contributed by atoms with Crippen molar-refractivity contribution in [2.45, 2.75) is 25.6 Å². The summed E-state index contributed by atoms with van der Waals surface area (Å²) in [7, 11) is 1.47. The van der Waals surface area contributed by atoms with Crippen molar-refractivity contribution < 1.29 is 22.6 Å². The Labute approximate surface area is 117 Å². The van der Waals surface area contributed by atoms with Crippen LogP contribution in [0.3, 0.4) is 0 Å². The van der Waals surface area contributed by atoms with E-state index in [-0.39, 0.29) is 13.2 Å². The van der Waals surface area contributed by atoms with Gasteiger partial charge in [0, 0.05) is 7.11 Å². The van der Waals surface area contributed by atoms with Gasteiger partial charge in [-0.2, -0.15) is 13.2 Å². The van der Waals surface area contributed by atoms with Gasteiger partial charge in [-0.1, -0.05) is 49.4 Å². The van der Waals surface area contributed by atoms with E-state index in [9.17, 15) is 13.2 Å². The van der Waals surface area contributed by atoms with Crippen molar-refractivity contribution in [2.75, 3.05) is 13.9 Å². The largest absolute Gasteiger partial charge is 0.395 e. The summed E-state index contributed by atoms with van der Waals surface area (Å²) in [5.74, 6) is -1.46. The van der Waals surface area contributed by atoms with Gasteiger partial charge in [0.1, 0.15) is 12.9 Å². The zero-order chi connectivity index (χ0) is 15.0. The smallest absolute Gasteiger partial charge is 0.359 e. The highest BCUT2D eigenvalue weighted by Gasteiger charge is 2.36. The van der Waals surface area contributed by atoms with Crippen molar-refractivity contribution in [3.8, 4) is 0 Å². The van der Waals surface area contributed by atoms with Gasteiger partial charge in [0.05, 0.1) is 5.92 Å². The second-order valence-electron chi connectivity index (χ2n) is 4.35. The third-order valence-electron chi connectivity index (χ3n) is 2.87. The second-order valence-corrected chi connectivity index (χ2v) is 4.35. The maximum absolute atomic E-state index is 12.7. The molecule has 0 N–H and O–H groups in total. The van der Waals surface area contributed by atoms with E-state index in [1.165, 1.54) is 20.1 Å². The topological polar surface area (TPSA) is 18.5 Å². The molecule has 0 amide bonds. The Kier molecular flexibility index (Phi) is 6.75. The first-order chi connectivity index (χ1) is 9.49. The van der Waals surface area contributed by atoms with Gasteiger partial charge in [-0.25, -0.2) is 0 Å². The van der Waals surface area contributed by atoms with E-state index in [1.807, 2.05) is 18.2 Å². The lowest BCUT2D eigenvalue weighted by molar-refractivity contribution is -0.161. The third-order valence-corrected chi connectivity index (χ3v) is 2.87. The van der Waals surface area contributed by atoms with Gasteiger partial charge in [-0.05, 0) is 12.0 Å². The van der Waals surface area contributed by atoms with Gasteiger partial charge in [-0.15, -0.1) is 0 Å². The van der Waals surface area contributed by atoms with E-state index in [1.54, 1.807) is 12.1 Å². The molecule has 1 rings (SSSR count). The highest BCUT2D eigenvalue weighted by atomic mass is 19.4. The molecule has 2 atom stereocenters. The van der Waals surface area contributed by atoms with E-state index in [4.69, 9.17) is 9.47 Å². The van der Waals surface area contributed by atoms with Crippen LogP contribution in [0.15, 0.2) is 42.5 Å². The van der Waals surface area contributed by atoms with Gasteiger partial charge in [0.15, 0.2) is 0 Å². The molecule has 20 heavy (non-hydrogen) atoms. The molecule has 1 aromatic rings. The summed E-state index contributed by atoms with van der Waals surface area (Å²) in [4.78, 5) is 0. The van der Waals surface area contributed by atoms with Gasteiger partial charge in [-0.3, -0.25) is 0 Å². The number of alkyl halides is 3. The Morgan fingerprint density at radius 1 is 1.15 bits per heavy atom. The van der Waals surface area contributed by atoms with Crippen LogP contribution < -0.4 is 0 Å². The lowest BCUT2D eigenvalue weighted by atomic mass is 10.0. The number of allylic oxidation sites excluding steroid dienone is 1. The molecule has 0 saturated carbocycles. The zero-order valence-electron chi connectivity index (χ0n) is 11.6. The van der Waals surface area contributed by atoms with Gasteiger partial charge >= 0.3 is 6.18 Å². The molecule has 1 aromatic carbocycles. The average Bonchev–Trinajstić information content (AvgIpc) is 2.42. The Morgan fingerprint density at radius 2 is 1.80 bits per heavy atom. The third kappa shape index (κ3) is 5.35. The first-order valence-electron chi connectivity index (χ1n) is 6.39. The van der Waals surface area contributed by atoms with E-state index in [0.29, 0.717) is 0 Å². The summed E-state index contributed by atoms with van der Waals surface area (Å²) < 4.78 is 48.4. The van der Waals surface area contributed by atoms with Crippen molar-refractivity contribution in [2.24, 2.45) is 5.92 Å². The number of rotatable bonds is 7. The molecule has 0 saturated heterocycles. The number of halogens is 3. The van der Waals surface area contributed by atoms with Gasteiger partial charge < -0.3 is 9.47 Å². The second kappa shape index (κ2) is 8.07. The van der Waals surface area contributed by atoms with E-state index >= 15 is 0 Å². The maximum Gasteiger partial charge on any atom is 0.395 e. The number of hydrogen-bond acceptors (Lipinski definition) is 2. The van der Waals surface area contributed by atoms with Crippen LogP contribution in [0.5, 0.6) is 0 Å². The quantitative estimate of drug-likeness (QED) is 0.543. The number of hydrogen-bond donors (Lipinski definition) is 0. The molecule has 1 unspecified atom stereocenters.